The third-order valence-electron chi connectivity index (χ3n) is 15.9. The van der Waals surface area contributed by atoms with E-state index in [-0.39, 0.29) is 25.7 Å². The molecule has 504 valence electrons. The molecule has 0 aliphatic heterocycles. The van der Waals surface area contributed by atoms with E-state index >= 15 is 0 Å². The number of hydrogen-bond acceptors (Lipinski definition) is 15. The fourth-order valence-corrected chi connectivity index (χ4v) is 11.4. The molecule has 0 aromatic heterocycles. The lowest BCUT2D eigenvalue weighted by molar-refractivity contribution is -0.161. The van der Waals surface area contributed by atoms with E-state index in [9.17, 15) is 43.2 Å². The number of aliphatic hydroxyl groups is 1. The highest BCUT2D eigenvalue weighted by Crippen LogP contribution is 2.45. The normalized spacial score (nSPS) is 14.9. The molecule has 0 saturated carbocycles. The SMILES string of the molecule is CCCCCCCCCCCCCCCCCCC(=O)O[C@H](COC(=O)CCCCCCCCCCCCC(C)CC)COP(=O)(O)OC[C@@H](O)COP(=O)(O)OC[C@@H](COC(=O)CCCCCCC)OC(=O)CCCCCCCCC(C)CC. The maximum absolute atomic E-state index is 13.0. The van der Waals surface area contributed by atoms with E-state index in [1.807, 2.05) is 0 Å². The second-order valence-corrected chi connectivity index (χ2v) is 27.2. The van der Waals surface area contributed by atoms with Crippen LogP contribution in [0.1, 0.15) is 330 Å². The minimum atomic E-state index is -4.95. The first-order valence-electron chi connectivity index (χ1n) is 34.6. The zero-order chi connectivity index (χ0) is 62.9. The van der Waals surface area contributed by atoms with Gasteiger partial charge in [-0.15, -0.1) is 0 Å². The Balaban J connectivity index is 5.18. The summed E-state index contributed by atoms with van der Waals surface area (Å²) < 4.78 is 67.9. The standard InChI is InChI=1S/C66H128O17P2/c1-7-11-13-15-16-17-18-19-20-21-22-23-28-31-38-44-50-65(70)82-62(55-77-64(69)49-43-37-30-27-25-24-26-29-35-40-46-58(5)9-3)57-81-85(74,75)79-53-60(67)52-78-84(72,73)80-56-61(54-76-63(68)48-42-34-14-12-8-2)83-66(71)51-45-39-33-32-36-41-47-59(6)10-4/h58-62,67H,7-57H2,1-6H3,(H,72,73)(H,74,75)/t58?,59?,60-,61+,62+/m0/s1. The van der Waals surface area contributed by atoms with Crippen LogP contribution in [0.5, 0.6) is 0 Å². The highest BCUT2D eigenvalue weighted by atomic mass is 31.2. The zero-order valence-electron chi connectivity index (χ0n) is 54.9. The zero-order valence-corrected chi connectivity index (χ0v) is 56.7. The van der Waals surface area contributed by atoms with E-state index in [0.717, 1.165) is 108 Å². The Kier molecular flexibility index (Phi) is 57.1. The molecule has 0 aliphatic carbocycles. The molecule has 17 nitrogen and oxygen atoms in total. The van der Waals surface area contributed by atoms with Gasteiger partial charge in [0.25, 0.3) is 0 Å². The van der Waals surface area contributed by atoms with E-state index in [0.29, 0.717) is 25.7 Å². The van der Waals surface area contributed by atoms with Gasteiger partial charge in [-0.3, -0.25) is 37.3 Å². The monoisotopic (exact) mass is 1250 g/mol. The van der Waals surface area contributed by atoms with Crippen LogP contribution in [0.25, 0.3) is 0 Å². The highest BCUT2D eigenvalue weighted by Gasteiger charge is 2.30. The van der Waals surface area contributed by atoms with Gasteiger partial charge in [0, 0.05) is 25.7 Å². The molecule has 0 bridgehead atoms. The van der Waals surface area contributed by atoms with Crippen LogP contribution < -0.4 is 0 Å². The molecule has 0 rings (SSSR count). The van der Waals surface area contributed by atoms with Gasteiger partial charge in [-0.2, -0.15) is 0 Å². The van der Waals surface area contributed by atoms with Crippen LogP contribution in [0, 0.1) is 11.8 Å². The minimum absolute atomic E-state index is 0.102. The van der Waals surface area contributed by atoms with Gasteiger partial charge < -0.3 is 33.8 Å². The van der Waals surface area contributed by atoms with Crippen molar-refractivity contribution < 1.29 is 80.2 Å². The van der Waals surface area contributed by atoms with Gasteiger partial charge in [-0.1, -0.05) is 279 Å². The van der Waals surface area contributed by atoms with Crippen LogP contribution in [-0.2, 0) is 65.4 Å². The van der Waals surface area contributed by atoms with E-state index in [4.69, 9.17) is 37.0 Å². The summed E-state index contributed by atoms with van der Waals surface area (Å²) in [5.74, 6) is -0.613. The van der Waals surface area contributed by atoms with Crippen LogP contribution in [-0.4, -0.2) is 96.7 Å². The molecule has 7 atom stereocenters. The van der Waals surface area contributed by atoms with E-state index in [1.165, 1.54) is 141 Å². The Hall–Kier alpha value is -1.94. The number of rotatable bonds is 65. The molecule has 0 amide bonds. The number of unbranched alkanes of at least 4 members (excludes halogenated alkanes) is 33. The van der Waals surface area contributed by atoms with Gasteiger partial charge in [0.05, 0.1) is 26.4 Å². The first kappa shape index (κ1) is 83.1. The summed E-state index contributed by atoms with van der Waals surface area (Å²) in [7, 11) is -9.88. The van der Waals surface area contributed by atoms with E-state index < -0.39 is 97.5 Å². The Morgan fingerprint density at radius 3 is 0.835 bits per heavy atom. The predicted octanol–water partition coefficient (Wildman–Crippen LogP) is 18.4. The van der Waals surface area contributed by atoms with Crippen molar-refractivity contribution in [2.24, 2.45) is 11.8 Å². The lowest BCUT2D eigenvalue weighted by atomic mass is 9.99. The quantitative estimate of drug-likeness (QED) is 0.0222. The largest absolute Gasteiger partial charge is 0.472 e. The van der Waals surface area contributed by atoms with Crippen molar-refractivity contribution in [1.29, 1.82) is 0 Å². The number of carbonyl (C=O) groups is 4. The molecule has 4 unspecified atom stereocenters. The van der Waals surface area contributed by atoms with Crippen LogP contribution in [0.3, 0.4) is 0 Å². The van der Waals surface area contributed by atoms with Gasteiger partial charge in [-0.05, 0) is 37.5 Å². The van der Waals surface area contributed by atoms with Crippen LogP contribution in [0.4, 0.5) is 0 Å². The maximum Gasteiger partial charge on any atom is 0.472 e. The summed E-state index contributed by atoms with van der Waals surface area (Å²) >= 11 is 0. The highest BCUT2D eigenvalue weighted by molar-refractivity contribution is 7.47. The molecule has 0 spiro atoms. The number of carbonyl (C=O) groups excluding carboxylic acids is 4. The van der Waals surface area contributed by atoms with Gasteiger partial charge >= 0.3 is 39.5 Å². The first-order chi connectivity index (χ1) is 40.9. The van der Waals surface area contributed by atoms with Crippen molar-refractivity contribution in [2.75, 3.05) is 39.6 Å². The molecule has 85 heavy (non-hydrogen) atoms. The summed E-state index contributed by atoms with van der Waals surface area (Å²) in [5, 5.41) is 10.5. The predicted molar refractivity (Wildman–Crippen MR) is 340 cm³/mol. The number of hydrogen-bond donors (Lipinski definition) is 3. The third kappa shape index (κ3) is 58.2. The average molecular weight is 1260 g/mol. The van der Waals surface area contributed by atoms with Crippen LogP contribution >= 0.6 is 15.6 Å². The molecule has 0 saturated heterocycles. The fourth-order valence-electron chi connectivity index (χ4n) is 9.82. The second kappa shape index (κ2) is 58.4. The van der Waals surface area contributed by atoms with Gasteiger partial charge in [-0.25, -0.2) is 9.13 Å². The molecule has 0 aliphatic rings. The van der Waals surface area contributed by atoms with Crippen LogP contribution in [0.2, 0.25) is 0 Å². The molecule has 0 aromatic carbocycles. The van der Waals surface area contributed by atoms with Crippen molar-refractivity contribution in [3.05, 3.63) is 0 Å². The van der Waals surface area contributed by atoms with Crippen LogP contribution in [0.15, 0.2) is 0 Å². The summed E-state index contributed by atoms with van der Waals surface area (Å²) in [5.41, 5.74) is 0. The molecule has 0 fully saturated rings. The van der Waals surface area contributed by atoms with Crippen molar-refractivity contribution in [2.45, 2.75) is 349 Å². The third-order valence-corrected chi connectivity index (χ3v) is 17.8. The lowest BCUT2D eigenvalue weighted by Crippen LogP contribution is -2.30. The average Bonchev–Trinajstić information content (AvgIpc) is 3.63. The smallest absolute Gasteiger partial charge is 0.462 e. The van der Waals surface area contributed by atoms with Crippen molar-refractivity contribution in [1.82, 2.24) is 0 Å². The van der Waals surface area contributed by atoms with Gasteiger partial charge in [0.2, 0.25) is 0 Å². The second-order valence-electron chi connectivity index (χ2n) is 24.3. The minimum Gasteiger partial charge on any atom is -0.462 e. The number of ether oxygens (including phenoxy) is 4. The van der Waals surface area contributed by atoms with Crippen molar-refractivity contribution in [3.8, 4) is 0 Å². The maximum atomic E-state index is 13.0. The summed E-state index contributed by atoms with van der Waals surface area (Å²) in [6.07, 6.45) is 42.0. The molecule has 0 aromatic rings. The lowest BCUT2D eigenvalue weighted by Gasteiger charge is -2.21. The Labute approximate surface area is 517 Å². The van der Waals surface area contributed by atoms with Gasteiger partial charge in [0.15, 0.2) is 12.2 Å². The number of phosphoric acid groups is 2. The van der Waals surface area contributed by atoms with Crippen molar-refractivity contribution >= 4 is 39.5 Å². The molecular formula is C66H128O17P2. The summed E-state index contributed by atoms with van der Waals surface area (Å²) in [6, 6.07) is 0. The molecule has 0 heterocycles. The number of phosphoric ester groups is 2. The topological polar surface area (TPSA) is 237 Å². The van der Waals surface area contributed by atoms with E-state index in [1.54, 1.807) is 0 Å². The first-order valence-corrected chi connectivity index (χ1v) is 37.6. The fraction of sp³-hybridized carbons (Fsp3) is 0.939. The summed E-state index contributed by atoms with van der Waals surface area (Å²) in [4.78, 5) is 72.1. The molecule has 3 N–H and O–H groups in total. The Morgan fingerprint density at radius 2 is 0.565 bits per heavy atom. The van der Waals surface area contributed by atoms with E-state index in [2.05, 4.69) is 41.5 Å². The Bertz CT molecular complexity index is 1670. The number of aliphatic hydroxyl groups excluding tert-OH is 1. The molecule has 19 heteroatoms. The molecular weight excluding hydrogens is 1130 g/mol. The summed E-state index contributed by atoms with van der Waals surface area (Å²) in [6.45, 7) is 9.41. The number of esters is 4. The van der Waals surface area contributed by atoms with Crippen molar-refractivity contribution in [3.63, 3.8) is 0 Å². The molecule has 0 radical (unpaired) electrons. The van der Waals surface area contributed by atoms with Gasteiger partial charge in [0.1, 0.15) is 19.3 Å². The Morgan fingerprint density at radius 1 is 0.329 bits per heavy atom.